The summed E-state index contributed by atoms with van der Waals surface area (Å²) in [5.74, 6) is 3.58. The largest absolute Gasteiger partial charge is 0.462 e. The average molecular weight is 271 g/mol. The van der Waals surface area contributed by atoms with Gasteiger partial charge in [0.15, 0.2) is 17.8 Å². The number of aliphatic imine (C=N–C) groups is 1. The van der Waals surface area contributed by atoms with Crippen LogP contribution < -0.4 is 10.6 Å². The number of allylic oxidation sites excluding steroid dienone is 1. The molecule has 3 N–H and O–H groups in total. The zero-order valence-electron chi connectivity index (χ0n) is 11.0. The van der Waals surface area contributed by atoms with Crippen LogP contribution in [0.15, 0.2) is 34.7 Å². The van der Waals surface area contributed by atoms with Gasteiger partial charge in [0.05, 0.1) is 11.4 Å². The lowest BCUT2D eigenvalue weighted by molar-refractivity contribution is 0.244. The van der Waals surface area contributed by atoms with E-state index in [4.69, 9.17) is 9.47 Å². The zero-order chi connectivity index (χ0) is 13.7. The highest BCUT2D eigenvalue weighted by atomic mass is 16.5. The van der Waals surface area contributed by atoms with E-state index in [9.17, 15) is 0 Å². The number of ether oxygens (including phenoxy) is 2. The molecule has 1 aromatic rings. The van der Waals surface area contributed by atoms with Gasteiger partial charge < -0.3 is 25.1 Å². The van der Waals surface area contributed by atoms with Gasteiger partial charge >= 0.3 is 0 Å². The predicted octanol–water partition coefficient (Wildman–Crippen LogP) is 1.56. The smallest absolute Gasteiger partial charge is 0.203 e. The Morgan fingerprint density at radius 1 is 1.20 bits per heavy atom. The van der Waals surface area contributed by atoms with Gasteiger partial charge in [-0.3, -0.25) is 0 Å². The Kier molecular flexibility index (Phi) is 2.17. The second kappa shape index (κ2) is 3.89. The number of rotatable bonds is 1. The molecular weight excluding hydrogens is 258 g/mol. The van der Waals surface area contributed by atoms with Crippen molar-refractivity contribution in [3.63, 3.8) is 0 Å². The van der Waals surface area contributed by atoms with Gasteiger partial charge in [-0.05, 0) is 19.9 Å². The van der Waals surface area contributed by atoms with E-state index < -0.39 is 0 Å². The molecule has 0 bridgehead atoms. The number of H-pyrrole nitrogens is 1. The van der Waals surface area contributed by atoms with Crippen molar-refractivity contribution in [3.05, 3.63) is 41.3 Å². The number of fused-ring (bicyclic) bond motifs is 2. The molecule has 3 aliphatic heterocycles. The summed E-state index contributed by atoms with van der Waals surface area (Å²) in [6.45, 7) is 3.74. The van der Waals surface area contributed by atoms with Crippen LogP contribution in [0, 0.1) is 6.92 Å². The quantitative estimate of drug-likeness (QED) is 0.722. The van der Waals surface area contributed by atoms with Crippen molar-refractivity contribution in [1.29, 1.82) is 0 Å². The lowest BCUT2D eigenvalue weighted by atomic mass is 10.2. The predicted molar refractivity (Wildman–Crippen MR) is 73.3 cm³/mol. The van der Waals surface area contributed by atoms with Gasteiger partial charge in [0.2, 0.25) is 5.76 Å². The molecule has 0 saturated carbocycles. The minimum Gasteiger partial charge on any atom is -0.462 e. The van der Waals surface area contributed by atoms with E-state index in [2.05, 4.69) is 25.6 Å². The SMILES string of the molecule is CC1=COC(C2=NC3Nc4nc(C)[nH]c4C=C3N2)=CO1. The molecule has 0 aromatic carbocycles. The van der Waals surface area contributed by atoms with Gasteiger partial charge in [-0.15, -0.1) is 0 Å². The molecule has 1 aromatic heterocycles. The van der Waals surface area contributed by atoms with Crippen molar-refractivity contribution in [2.75, 3.05) is 5.32 Å². The third-order valence-electron chi connectivity index (χ3n) is 3.18. The highest BCUT2D eigenvalue weighted by Gasteiger charge is 2.30. The van der Waals surface area contributed by atoms with Gasteiger partial charge in [-0.25, -0.2) is 9.98 Å². The van der Waals surface area contributed by atoms with Crippen LogP contribution in [0.5, 0.6) is 0 Å². The Labute approximate surface area is 115 Å². The number of nitrogens with zero attached hydrogens (tertiary/aromatic N) is 2. The minimum atomic E-state index is -0.170. The van der Waals surface area contributed by atoms with Crippen molar-refractivity contribution in [1.82, 2.24) is 15.3 Å². The average Bonchev–Trinajstić information content (AvgIpc) is 2.97. The molecule has 1 unspecified atom stereocenters. The molecule has 20 heavy (non-hydrogen) atoms. The van der Waals surface area contributed by atoms with E-state index in [0.29, 0.717) is 17.4 Å². The van der Waals surface area contributed by atoms with Crippen molar-refractivity contribution in [2.24, 2.45) is 4.99 Å². The summed E-state index contributed by atoms with van der Waals surface area (Å²) in [4.78, 5) is 12.1. The number of aromatic amines is 1. The van der Waals surface area contributed by atoms with Crippen molar-refractivity contribution in [2.45, 2.75) is 20.0 Å². The maximum atomic E-state index is 5.46. The summed E-state index contributed by atoms with van der Waals surface area (Å²) < 4.78 is 10.8. The minimum absolute atomic E-state index is 0.170. The Bertz CT molecular complexity index is 710. The molecule has 4 rings (SSSR count). The Morgan fingerprint density at radius 2 is 2.10 bits per heavy atom. The van der Waals surface area contributed by atoms with Crippen LogP contribution >= 0.6 is 0 Å². The molecule has 0 fully saturated rings. The lowest BCUT2D eigenvalue weighted by Crippen LogP contribution is -2.27. The van der Waals surface area contributed by atoms with Gasteiger partial charge in [-0.2, -0.15) is 0 Å². The number of aryl methyl sites for hydroxylation is 1. The van der Waals surface area contributed by atoms with Gasteiger partial charge in [-0.1, -0.05) is 0 Å². The molecule has 7 heteroatoms. The van der Waals surface area contributed by atoms with E-state index in [-0.39, 0.29) is 6.17 Å². The summed E-state index contributed by atoms with van der Waals surface area (Å²) >= 11 is 0. The summed E-state index contributed by atoms with van der Waals surface area (Å²) in [7, 11) is 0. The van der Waals surface area contributed by atoms with Crippen LogP contribution in [0.4, 0.5) is 5.82 Å². The van der Waals surface area contributed by atoms with E-state index in [0.717, 1.165) is 23.0 Å². The van der Waals surface area contributed by atoms with E-state index in [1.54, 1.807) is 12.5 Å². The number of aromatic nitrogens is 2. The van der Waals surface area contributed by atoms with Crippen LogP contribution in [-0.2, 0) is 9.47 Å². The summed E-state index contributed by atoms with van der Waals surface area (Å²) in [5, 5.41) is 6.48. The maximum Gasteiger partial charge on any atom is 0.203 e. The summed E-state index contributed by atoms with van der Waals surface area (Å²) in [6.07, 6.45) is 4.92. The van der Waals surface area contributed by atoms with E-state index in [1.165, 1.54) is 0 Å². The molecule has 102 valence electrons. The van der Waals surface area contributed by atoms with Crippen LogP contribution in [0.25, 0.3) is 6.08 Å². The monoisotopic (exact) mass is 271 g/mol. The number of nitrogens with one attached hydrogen (secondary N) is 3. The van der Waals surface area contributed by atoms with E-state index in [1.807, 2.05) is 19.9 Å². The standard InChI is InChI=1S/C13H13N5O2/c1-6-4-20-10(5-19-6)13-16-9-3-8-11(15-7(2)14-8)17-12(9)18-13/h3-5,12,17H,1-2H3,(H,14,15)(H,16,18). The summed E-state index contributed by atoms with van der Waals surface area (Å²) in [5.41, 5.74) is 1.90. The summed E-state index contributed by atoms with van der Waals surface area (Å²) in [6, 6.07) is 0. The van der Waals surface area contributed by atoms with Crippen molar-refractivity contribution >= 4 is 17.7 Å². The molecule has 4 heterocycles. The second-order valence-electron chi connectivity index (χ2n) is 4.78. The zero-order valence-corrected chi connectivity index (χ0v) is 11.0. The number of hydrogen-bond donors (Lipinski definition) is 3. The fraction of sp³-hybridized carbons (Fsp3) is 0.231. The van der Waals surface area contributed by atoms with E-state index >= 15 is 0 Å². The fourth-order valence-corrected chi connectivity index (χ4v) is 2.26. The molecular formula is C13H13N5O2. The number of imidazole rings is 1. The Morgan fingerprint density at radius 3 is 2.90 bits per heavy atom. The molecule has 0 amide bonds. The maximum absolute atomic E-state index is 5.46. The van der Waals surface area contributed by atoms with Gasteiger partial charge in [0.25, 0.3) is 0 Å². The Hall–Kier alpha value is -2.70. The normalized spacial score (nSPS) is 22.8. The highest BCUT2D eigenvalue weighted by molar-refractivity contribution is 6.01. The van der Waals surface area contributed by atoms with Crippen LogP contribution in [-0.4, -0.2) is 22.0 Å². The molecule has 1 atom stereocenters. The first-order chi connectivity index (χ1) is 9.69. The molecule has 0 saturated heterocycles. The van der Waals surface area contributed by atoms with Crippen LogP contribution in [0.3, 0.4) is 0 Å². The number of anilines is 1. The van der Waals surface area contributed by atoms with Crippen molar-refractivity contribution in [3.8, 4) is 0 Å². The Balaban J connectivity index is 1.60. The van der Waals surface area contributed by atoms with Crippen LogP contribution in [0.2, 0.25) is 0 Å². The third-order valence-corrected chi connectivity index (χ3v) is 3.18. The molecule has 0 radical (unpaired) electrons. The topological polar surface area (TPSA) is 83.6 Å². The third kappa shape index (κ3) is 1.67. The highest BCUT2D eigenvalue weighted by Crippen LogP contribution is 2.28. The molecule has 0 aliphatic carbocycles. The number of hydrogen-bond acceptors (Lipinski definition) is 6. The number of amidine groups is 1. The van der Waals surface area contributed by atoms with Gasteiger partial charge in [0.1, 0.15) is 24.1 Å². The first-order valence-electron chi connectivity index (χ1n) is 6.29. The van der Waals surface area contributed by atoms with Gasteiger partial charge in [0, 0.05) is 0 Å². The second-order valence-corrected chi connectivity index (χ2v) is 4.78. The molecule has 7 nitrogen and oxygen atoms in total. The molecule has 3 aliphatic rings. The fourth-order valence-electron chi connectivity index (χ4n) is 2.26. The first kappa shape index (κ1) is 11.2. The first-order valence-corrected chi connectivity index (χ1v) is 6.29. The lowest BCUT2D eigenvalue weighted by Gasteiger charge is -2.16. The van der Waals surface area contributed by atoms with Crippen molar-refractivity contribution < 1.29 is 9.47 Å². The van der Waals surface area contributed by atoms with Crippen LogP contribution in [0.1, 0.15) is 18.4 Å². The molecule has 0 spiro atoms.